The number of nitro benzene ring substituents is 1. The molecule has 92 valence electrons. The minimum atomic E-state index is -0.534. The Balaban J connectivity index is 3.09. The summed E-state index contributed by atoms with van der Waals surface area (Å²) in [6, 6.07) is 4.32. The Kier molecular flexibility index (Phi) is 4.63. The third-order valence-electron chi connectivity index (χ3n) is 2.25. The zero-order valence-electron chi connectivity index (χ0n) is 9.93. The van der Waals surface area contributed by atoms with E-state index in [-0.39, 0.29) is 17.2 Å². The predicted octanol–water partition coefficient (Wildman–Crippen LogP) is 2.98. The van der Waals surface area contributed by atoms with Gasteiger partial charge in [0, 0.05) is 18.1 Å². The van der Waals surface area contributed by atoms with Gasteiger partial charge in [-0.25, -0.2) is 0 Å². The Morgan fingerprint density at radius 3 is 2.65 bits per heavy atom. The highest BCUT2D eigenvalue weighted by molar-refractivity contribution is 5.96. The van der Waals surface area contributed by atoms with Crippen molar-refractivity contribution in [2.45, 2.75) is 26.7 Å². The number of hydrogen-bond acceptors (Lipinski definition) is 4. The Hall–Kier alpha value is -1.91. The van der Waals surface area contributed by atoms with E-state index in [1.54, 1.807) is 13.0 Å². The van der Waals surface area contributed by atoms with Crippen molar-refractivity contribution in [1.29, 1.82) is 0 Å². The normalized spacial score (nSPS) is 10.0. The van der Waals surface area contributed by atoms with Gasteiger partial charge < -0.3 is 4.74 Å². The highest BCUT2D eigenvalue weighted by Crippen LogP contribution is 2.28. The lowest BCUT2D eigenvalue weighted by atomic mass is 10.1. The van der Waals surface area contributed by atoms with Gasteiger partial charge in [-0.1, -0.05) is 6.92 Å². The van der Waals surface area contributed by atoms with E-state index >= 15 is 0 Å². The van der Waals surface area contributed by atoms with E-state index in [0.717, 1.165) is 6.42 Å². The molecule has 0 heterocycles. The van der Waals surface area contributed by atoms with Crippen LogP contribution in [-0.2, 0) is 0 Å². The summed E-state index contributed by atoms with van der Waals surface area (Å²) in [6.07, 6.45) is 1.12. The van der Waals surface area contributed by atoms with Gasteiger partial charge in [0.25, 0.3) is 0 Å². The first kappa shape index (κ1) is 13.2. The van der Waals surface area contributed by atoms with Crippen LogP contribution < -0.4 is 4.74 Å². The van der Waals surface area contributed by atoms with E-state index in [0.29, 0.717) is 18.6 Å². The summed E-state index contributed by atoms with van der Waals surface area (Å²) in [5, 5.41) is 10.8. The van der Waals surface area contributed by atoms with E-state index in [1.165, 1.54) is 12.1 Å². The van der Waals surface area contributed by atoms with Crippen molar-refractivity contribution >= 4 is 11.5 Å². The van der Waals surface area contributed by atoms with Crippen LogP contribution in [0.4, 0.5) is 5.69 Å². The maximum atomic E-state index is 11.6. The molecule has 0 spiro atoms. The molecular weight excluding hydrogens is 222 g/mol. The zero-order chi connectivity index (χ0) is 12.8. The first-order valence-corrected chi connectivity index (χ1v) is 5.54. The number of Topliss-reactive ketones (excluding diaryl/α,β-unsaturated/α-hetero) is 1. The van der Waals surface area contributed by atoms with Crippen molar-refractivity contribution in [1.82, 2.24) is 0 Å². The second kappa shape index (κ2) is 5.98. The second-order valence-corrected chi connectivity index (χ2v) is 3.55. The minimum absolute atomic E-state index is 0.0846. The Labute approximate surface area is 99.5 Å². The van der Waals surface area contributed by atoms with Crippen LogP contribution in [0.15, 0.2) is 18.2 Å². The van der Waals surface area contributed by atoms with Crippen LogP contribution in [0.5, 0.6) is 5.75 Å². The molecule has 0 bridgehead atoms. The first-order chi connectivity index (χ1) is 8.10. The maximum Gasteiger partial charge on any atom is 0.311 e. The van der Waals surface area contributed by atoms with Crippen molar-refractivity contribution < 1.29 is 14.5 Å². The molecule has 0 unspecified atom stereocenters. The molecule has 0 atom stereocenters. The van der Waals surface area contributed by atoms with Crippen molar-refractivity contribution in [3.8, 4) is 5.75 Å². The Morgan fingerprint density at radius 2 is 2.12 bits per heavy atom. The molecule has 0 N–H and O–H groups in total. The molecule has 0 saturated heterocycles. The third-order valence-corrected chi connectivity index (χ3v) is 2.25. The molecule has 0 amide bonds. The molecule has 17 heavy (non-hydrogen) atoms. The van der Waals surface area contributed by atoms with Gasteiger partial charge in [0.15, 0.2) is 11.5 Å². The monoisotopic (exact) mass is 237 g/mol. The van der Waals surface area contributed by atoms with Crippen molar-refractivity contribution in [3.63, 3.8) is 0 Å². The molecule has 5 nitrogen and oxygen atoms in total. The number of hydrogen-bond donors (Lipinski definition) is 0. The lowest BCUT2D eigenvalue weighted by molar-refractivity contribution is -0.385. The van der Waals surface area contributed by atoms with E-state index in [1.807, 2.05) is 6.92 Å². The van der Waals surface area contributed by atoms with Crippen LogP contribution in [0, 0.1) is 10.1 Å². The fraction of sp³-hybridized carbons (Fsp3) is 0.417. The Bertz CT molecular complexity index is 429. The summed E-state index contributed by atoms with van der Waals surface area (Å²) in [4.78, 5) is 21.9. The highest BCUT2D eigenvalue weighted by Gasteiger charge is 2.17. The highest BCUT2D eigenvalue weighted by atomic mass is 16.6. The third kappa shape index (κ3) is 3.27. The summed E-state index contributed by atoms with van der Waals surface area (Å²) in [6.45, 7) is 3.99. The molecule has 0 radical (unpaired) electrons. The van der Waals surface area contributed by atoms with Crippen LogP contribution in [0.1, 0.15) is 37.0 Å². The molecule has 1 rings (SSSR count). The number of nitro groups is 1. The van der Waals surface area contributed by atoms with Gasteiger partial charge in [-0.15, -0.1) is 0 Å². The summed E-state index contributed by atoms with van der Waals surface area (Å²) in [7, 11) is 0. The van der Waals surface area contributed by atoms with E-state index < -0.39 is 4.92 Å². The van der Waals surface area contributed by atoms with Crippen molar-refractivity contribution in [3.05, 3.63) is 33.9 Å². The molecule has 1 aromatic carbocycles. The van der Waals surface area contributed by atoms with Gasteiger partial charge >= 0.3 is 5.69 Å². The van der Waals surface area contributed by atoms with Crippen LogP contribution >= 0.6 is 0 Å². The molecule has 0 aliphatic heterocycles. The lowest BCUT2D eigenvalue weighted by Crippen LogP contribution is -2.02. The molecule has 0 aliphatic rings. The van der Waals surface area contributed by atoms with Crippen molar-refractivity contribution in [2.75, 3.05) is 6.61 Å². The maximum absolute atomic E-state index is 11.6. The predicted molar refractivity (Wildman–Crippen MR) is 63.5 cm³/mol. The van der Waals surface area contributed by atoms with Crippen LogP contribution in [0.2, 0.25) is 0 Å². The summed E-state index contributed by atoms with van der Waals surface area (Å²) in [5.41, 5.74) is 0.204. The average Bonchev–Trinajstić information content (AvgIpc) is 2.30. The number of ether oxygens (including phenoxy) is 1. The molecule has 0 saturated carbocycles. The average molecular weight is 237 g/mol. The smallest absolute Gasteiger partial charge is 0.311 e. The van der Waals surface area contributed by atoms with E-state index in [4.69, 9.17) is 4.74 Å². The molecular formula is C12H15NO4. The summed E-state index contributed by atoms with van der Waals surface area (Å²) in [5.74, 6) is 0.115. The molecule has 0 aliphatic carbocycles. The van der Waals surface area contributed by atoms with Crippen LogP contribution in [-0.4, -0.2) is 17.3 Å². The second-order valence-electron chi connectivity index (χ2n) is 3.55. The summed E-state index contributed by atoms with van der Waals surface area (Å²) >= 11 is 0. The van der Waals surface area contributed by atoms with Gasteiger partial charge in [-0.05, 0) is 25.5 Å². The van der Waals surface area contributed by atoms with Gasteiger partial charge in [-0.3, -0.25) is 14.9 Å². The van der Waals surface area contributed by atoms with Gasteiger partial charge in [0.1, 0.15) is 0 Å². The number of nitrogens with zero attached hydrogens (tertiary/aromatic N) is 1. The lowest BCUT2D eigenvalue weighted by Gasteiger charge is -2.05. The zero-order valence-corrected chi connectivity index (χ0v) is 9.93. The fourth-order valence-corrected chi connectivity index (χ4v) is 1.48. The number of ketones is 1. The number of carbonyl (C=O) groups is 1. The van der Waals surface area contributed by atoms with Crippen LogP contribution in [0.3, 0.4) is 0 Å². The van der Waals surface area contributed by atoms with E-state index in [2.05, 4.69) is 0 Å². The largest absolute Gasteiger partial charge is 0.487 e. The Morgan fingerprint density at radius 1 is 1.41 bits per heavy atom. The van der Waals surface area contributed by atoms with Gasteiger partial charge in [-0.2, -0.15) is 0 Å². The first-order valence-electron chi connectivity index (χ1n) is 5.54. The number of carbonyl (C=O) groups excluding carboxylic acids is 1. The van der Waals surface area contributed by atoms with Crippen LogP contribution in [0.25, 0.3) is 0 Å². The molecule has 0 fully saturated rings. The summed E-state index contributed by atoms with van der Waals surface area (Å²) < 4.78 is 5.14. The number of rotatable bonds is 6. The quantitative estimate of drug-likeness (QED) is 0.433. The SMILES string of the molecule is CCCC(=O)c1ccc(OCC)c([N+](=O)[O-])c1. The van der Waals surface area contributed by atoms with E-state index in [9.17, 15) is 14.9 Å². The molecule has 1 aromatic rings. The topological polar surface area (TPSA) is 69.4 Å². The molecule has 5 heteroatoms. The van der Waals surface area contributed by atoms with Gasteiger partial charge in [0.2, 0.25) is 0 Å². The minimum Gasteiger partial charge on any atom is -0.487 e. The number of benzene rings is 1. The fourth-order valence-electron chi connectivity index (χ4n) is 1.48. The molecule has 0 aromatic heterocycles. The van der Waals surface area contributed by atoms with Crippen molar-refractivity contribution in [2.24, 2.45) is 0 Å². The van der Waals surface area contributed by atoms with Gasteiger partial charge in [0.05, 0.1) is 11.5 Å². The standard InChI is InChI=1S/C12H15NO4/c1-3-5-11(14)9-6-7-12(17-4-2)10(8-9)13(15)16/h6-8H,3-5H2,1-2H3.